The van der Waals surface area contributed by atoms with Gasteiger partial charge in [-0.2, -0.15) is 0 Å². The minimum atomic E-state index is -0.435. The molecule has 0 saturated carbocycles. The number of hydrogen-bond acceptors (Lipinski definition) is 6. The molecule has 1 N–H and O–H groups in total. The van der Waals surface area contributed by atoms with Crippen LogP contribution in [0.15, 0.2) is 29.4 Å². The van der Waals surface area contributed by atoms with Crippen LogP contribution in [0.2, 0.25) is 4.34 Å². The van der Waals surface area contributed by atoms with Crippen molar-refractivity contribution in [3.05, 3.63) is 39.9 Å². The molecule has 102 valence electrons. The first-order chi connectivity index (χ1) is 9.75. The number of fused-ring (bicyclic) bond motifs is 1. The topological polar surface area (TPSA) is 76.5 Å². The van der Waals surface area contributed by atoms with E-state index >= 15 is 0 Å². The van der Waals surface area contributed by atoms with Crippen molar-refractivity contribution in [2.24, 2.45) is 5.16 Å². The van der Waals surface area contributed by atoms with Gasteiger partial charge in [-0.05, 0) is 11.6 Å². The number of anilines is 1. The summed E-state index contributed by atoms with van der Waals surface area (Å²) in [7, 11) is 0. The number of amides is 1. The predicted molar refractivity (Wildman–Crippen MR) is 76.0 cm³/mol. The average Bonchev–Trinajstić information content (AvgIpc) is 2.98. The molecule has 1 aliphatic heterocycles. The number of carbonyl (C=O) groups excluding carboxylic acids is 1. The molecule has 1 aliphatic rings. The minimum absolute atomic E-state index is 0.119. The largest absolute Gasteiger partial charge is 0.389 e. The number of nitrogens with zero attached hydrogens (tertiary/aromatic N) is 3. The van der Waals surface area contributed by atoms with Crippen molar-refractivity contribution in [2.45, 2.75) is 12.5 Å². The van der Waals surface area contributed by atoms with Crippen molar-refractivity contribution in [1.82, 2.24) is 9.59 Å². The number of oxime groups is 1. The van der Waals surface area contributed by atoms with E-state index in [1.54, 1.807) is 0 Å². The summed E-state index contributed by atoms with van der Waals surface area (Å²) < 4.78 is 4.16. The molecule has 0 fully saturated rings. The Bertz CT molecular complexity index is 673. The maximum absolute atomic E-state index is 11.8. The number of nitrogens with one attached hydrogen (secondary N) is 1. The van der Waals surface area contributed by atoms with Crippen molar-refractivity contribution >= 4 is 40.9 Å². The number of carbonyl (C=O) groups is 1. The number of rotatable bonds is 4. The molecule has 1 atom stereocenters. The van der Waals surface area contributed by atoms with Gasteiger partial charge < -0.3 is 10.2 Å². The lowest BCUT2D eigenvalue weighted by Crippen LogP contribution is -2.13. The van der Waals surface area contributed by atoms with Crippen LogP contribution in [-0.2, 0) is 16.2 Å². The summed E-state index contributed by atoms with van der Waals surface area (Å²) >= 11 is 6.92. The summed E-state index contributed by atoms with van der Waals surface area (Å²) in [5.74, 6) is -0.554. The third kappa shape index (κ3) is 2.50. The molecule has 2 aromatic rings. The normalized spacial score (nSPS) is 17.2. The predicted octanol–water partition coefficient (Wildman–Crippen LogP) is 2.43. The Balaban J connectivity index is 1.65. The SMILES string of the molecule is O=C1Nc2ccccc2C1C=NOCc1nnsc1Cl. The zero-order valence-electron chi connectivity index (χ0n) is 10.1. The molecule has 8 heteroatoms. The van der Waals surface area contributed by atoms with Crippen molar-refractivity contribution in [3.8, 4) is 0 Å². The molecule has 3 rings (SSSR count). The summed E-state index contributed by atoms with van der Waals surface area (Å²) in [5.41, 5.74) is 2.23. The summed E-state index contributed by atoms with van der Waals surface area (Å²) in [6.45, 7) is 0.127. The molecule has 2 heterocycles. The highest BCUT2D eigenvalue weighted by atomic mass is 35.5. The summed E-state index contributed by atoms with van der Waals surface area (Å²) in [4.78, 5) is 16.9. The molecular weight excluding hydrogens is 300 g/mol. The van der Waals surface area contributed by atoms with Gasteiger partial charge in [0, 0.05) is 17.2 Å². The second-order valence-corrected chi connectivity index (χ2v) is 5.43. The van der Waals surface area contributed by atoms with Crippen LogP contribution >= 0.6 is 23.1 Å². The van der Waals surface area contributed by atoms with E-state index < -0.39 is 5.92 Å². The highest BCUT2D eigenvalue weighted by Crippen LogP contribution is 2.30. The molecule has 1 aromatic carbocycles. The fourth-order valence-corrected chi connectivity index (χ4v) is 2.47. The number of hydrogen-bond donors (Lipinski definition) is 1. The second-order valence-electron chi connectivity index (χ2n) is 4.08. The van der Waals surface area contributed by atoms with Crippen LogP contribution < -0.4 is 5.32 Å². The van der Waals surface area contributed by atoms with Crippen LogP contribution in [0.4, 0.5) is 5.69 Å². The Morgan fingerprint density at radius 1 is 1.50 bits per heavy atom. The highest BCUT2D eigenvalue weighted by Gasteiger charge is 2.28. The Morgan fingerprint density at radius 2 is 2.35 bits per heavy atom. The van der Waals surface area contributed by atoms with Gasteiger partial charge in [0.1, 0.15) is 15.9 Å². The van der Waals surface area contributed by atoms with Crippen LogP contribution in [0, 0.1) is 0 Å². The van der Waals surface area contributed by atoms with Gasteiger partial charge in [0.15, 0.2) is 6.61 Å². The third-order valence-electron chi connectivity index (χ3n) is 2.83. The second kappa shape index (κ2) is 5.56. The van der Waals surface area contributed by atoms with E-state index in [0.29, 0.717) is 10.0 Å². The first-order valence-electron chi connectivity index (χ1n) is 5.77. The van der Waals surface area contributed by atoms with E-state index in [0.717, 1.165) is 22.8 Å². The number of para-hydroxylation sites is 1. The Hall–Kier alpha value is -1.99. The van der Waals surface area contributed by atoms with Crippen LogP contribution in [0.5, 0.6) is 0 Å². The van der Waals surface area contributed by atoms with Crippen molar-refractivity contribution in [3.63, 3.8) is 0 Å². The van der Waals surface area contributed by atoms with E-state index in [1.807, 2.05) is 24.3 Å². The minimum Gasteiger partial charge on any atom is -0.389 e. The van der Waals surface area contributed by atoms with Crippen LogP contribution in [-0.4, -0.2) is 21.7 Å². The molecule has 1 amide bonds. The van der Waals surface area contributed by atoms with Crippen LogP contribution in [0.1, 0.15) is 17.2 Å². The Labute approximate surface area is 123 Å². The van der Waals surface area contributed by atoms with E-state index in [-0.39, 0.29) is 12.5 Å². The summed E-state index contributed by atoms with van der Waals surface area (Å²) in [6.07, 6.45) is 1.47. The summed E-state index contributed by atoms with van der Waals surface area (Å²) in [5, 5.41) is 10.4. The lowest BCUT2D eigenvalue weighted by atomic mass is 10.0. The molecule has 0 bridgehead atoms. The van der Waals surface area contributed by atoms with Gasteiger partial charge in [0.25, 0.3) is 0 Å². The van der Waals surface area contributed by atoms with Gasteiger partial charge in [0.2, 0.25) is 5.91 Å². The van der Waals surface area contributed by atoms with E-state index in [2.05, 4.69) is 20.1 Å². The van der Waals surface area contributed by atoms with Crippen molar-refractivity contribution in [2.75, 3.05) is 5.32 Å². The molecule has 0 spiro atoms. The average molecular weight is 309 g/mol. The smallest absolute Gasteiger partial charge is 0.237 e. The fraction of sp³-hybridized carbons (Fsp3) is 0.167. The van der Waals surface area contributed by atoms with Gasteiger partial charge in [-0.25, -0.2) is 0 Å². The van der Waals surface area contributed by atoms with Crippen LogP contribution in [0.3, 0.4) is 0 Å². The van der Waals surface area contributed by atoms with Crippen LogP contribution in [0.25, 0.3) is 0 Å². The first-order valence-corrected chi connectivity index (χ1v) is 6.93. The quantitative estimate of drug-likeness (QED) is 0.695. The highest BCUT2D eigenvalue weighted by molar-refractivity contribution is 7.10. The number of benzene rings is 1. The summed E-state index contributed by atoms with van der Waals surface area (Å²) in [6, 6.07) is 7.47. The van der Waals surface area contributed by atoms with E-state index in [4.69, 9.17) is 16.4 Å². The first kappa shape index (κ1) is 13.0. The number of aromatic nitrogens is 2. The van der Waals surface area contributed by atoms with E-state index in [9.17, 15) is 4.79 Å². The lowest BCUT2D eigenvalue weighted by Gasteiger charge is -2.01. The molecule has 0 saturated heterocycles. The molecule has 6 nitrogen and oxygen atoms in total. The maximum atomic E-state index is 11.8. The molecule has 20 heavy (non-hydrogen) atoms. The van der Waals surface area contributed by atoms with Gasteiger partial charge in [0.05, 0.1) is 6.21 Å². The monoisotopic (exact) mass is 308 g/mol. The Kier molecular flexibility index (Phi) is 3.62. The molecular formula is C12H9ClN4O2S. The van der Waals surface area contributed by atoms with E-state index in [1.165, 1.54) is 6.21 Å². The van der Waals surface area contributed by atoms with Gasteiger partial charge in [-0.1, -0.05) is 39.4 Å². The molecule has 1 aromatic heterocycles. The molecule has 0 aliphatic carbocycles. The Morgan fingerprint density at radius 3 is 3.15 bits per heavy atom. The van der Waals surface area contributed by atoms with Gasteiger partial charge in [-0.3, -0.25) is 4.79 Å². The van der Waals surface area contributed by atoms with Gasteiger partial charge >= 0.3 is 0 Å². The van der Waals surface area contributed by atoms with Crippen molar-refractivity contribution < 1.29 is 9.63 Å². The zero-order chi connectivity index (χ0) is 13.9. The number of halogens is 1. The zero-order valence-corrected chi connectivity index (χ0v) is 11.7. The molecule has 0 radical (unpaired) electrons. The standard InChI is InChI=1S/C12H9ClN4O2S/c13-11-10(16-17-20-11)6-19-14-5-8-7-3-1-2-4-9(7)15-12(8)18/h1-5,8H,6H2,(H,15,18). The maximum Gasteiger partial charge on any atom is 0.237 e. The van der Waals surface area contributed by atoms with Crippen molar-refractivity contribution in [1.29, 1.82) is 0 Å². The lowest BCUT2D eigenvalue weighted by molar-refractivity contribution is -0.115. The van der Waals surface area contributed by atoms with Gasteiger partial charge in [-0.15, -0.1) is 5.10 Å². The fourth-order valence-electron chi connectivity index (χ4n) is 1.87. The third-order valence-corrected chi connectivity index (χ3v) is 3.82. The molecule has 1 unspecified atom stereocenters.